The highest BCUT2D eigenvalue weighted by Crippen LogP contribution is 2.32. The fraction of sp³-hybridized carbons (Fsp3) is 0.533. The summed E-state index contributed by atoms with van der Waals surface area (Å²) in [5.41, 5.74) is 9.21. The van der Waals surface area contributed by atoms with Crippen LogP contribution in [0.2, 0.25) is 0 Å². The van der Waals surface area contributed by atoms with E-state index in [4.69, 9.17) is 5.73 Å². The Morgan fingerprint density at radius 1 is 1.47 bits per heavy atom. The molecule has 4 nitrogen and oxygen atoms in total. The summed E-state index contributed by atoms with van der Waals surface area (Å²) in [6.45, 7) is 2.91. The van der Waals surface area contributed by atoms with Crippen molar-refractivity contribution in [3.05, 3.63) is 23.8 Å². The summed E-state index contributed by atoms with van der Waals surface area (Å²) < 4.78 is 0. The number of fused-ring (bicyclic) bond motifs is 1. The number of nitrogens with zero attached hydrogens (tertiary/aromatic N) is 1. The lowest BCUT2D eigenvalue weighted by Crippen LogP contribution is -2.47. The molecule has 3 N–H and O–H groups in total. The van der Waals surface area contributed by atoms with Crippen molar-refractivity contribution in [2.75, 3.05) is 17.2 Å². The van der Waals surface area contributed by atoms with Gasteiger partial charge in [0, 0.05) is 24.0 Å². The number of carbonyl (C=O) groups is 1. The van der Waals surface area contributed by atoms with Crippen LogP contribution in [0.3, 0.4) is 0 Å². The third-order valence-corrected chi connectivity index (χ3v) is 4.09. The van der Waals surface area contributed by atoms with Crippen molar-refractivity contribution >= 4 is 17.3 Å². The van der Waals surface area contributed by atoms with Gasteiger partial charge in [-0.1, -0.05) is 6.07 Å². The zero-order chi connectivity index (χ0) is 13.4. The topological polar surface area (TPSA) is 58.4 Å². The van der Waals surface area contributed by atoms with Crippen molar-refractivity contribution < 1.29 is 4.79 Å². The molecule has 19 heavy (non-hydrogen) atoms. The van der Waals surface area contributed by atoms with Gasteiger partial charge in [-0.15, -0.1) is 0 Å². The Labute approximate surface area is 114 Å². The first-order chi connectivity index (χ1) is 9.16. The first-order valence-corrected chi connectivity index (χ1v) is 7.11. The molecule has 1 fully saturated rings. The molecular weight excluding hydrogens is 238 g/mol. The van der Waals surface area contributed by atoms with Crippen LogP contribution in [0, 0.1) is 0 Å². The van der Waals surface area contributed by atoms with Gasteiger partial charge in [-0.05, 0) is 50.3 Å². The van der Waals surface area contributed by atoms with Crippen LogP contribution >= 0.6 is 0 Å². The highest BCUT2D eigenvalue weighted by molar-refractivity contribution is 5.86. The number of anilines is 2. The van der Waals surface area contributed by atoms with Gasteiger partial charge in [0.05, 0.1) is 0 Å². The molecular formula is C15H21N3O. The van der Waals surface area contributed by atoms with Crippen molar-refractivity contribution in [3.8, 4) is 0 Å². The number of hydrogen-bond acceptors (Lipinski definition) is 3. The van der Waals surface area contributed by atoms with Gasteiger partial charge in [0.2, 0.25) is 5.91 Å². The molecule has 102 valence electrons. The Hall–Kier alpha value is -1.71. The summed E-state index contributed by atoms with van der Waals surface area (Å²) in [6.07, 6.45) is 4.32. The second-order valence-electron chi connectivity index (χ2n) is 5.60. The Bertz CT molecular complexity index is 496. The van der Waals surface area contributed by atoms with Crippen molar-refractivity contribution in [2.45, 2.75) is 44.7 Å². The summed E-state index contributed by atoms with van der Waals surface area (Å²) in [7, 11) is 0. The molecule has 0 spiro atoms. The summed E-state index contributed by atoms with van der Waals surface area (Å²) in [6, 6.07) is 6.28. The summed E-state index contributed by atoms with van der Waals surface area (Å²) in [5, 5.41) is 3.08. The van der Waals surface area contributed by atoms with E-state index in [2.05, 4.69) is 16.3 Å². The molecule has 1 aliphatic heterocycles. The van der Waals surface area contributed by atoms with Crippen LogP contribution in [0.25, 0.3) is 0 Å². The smallest absolute Gasteiger partial charge is 0.242 e. The molecule has 0 radical (unpaired) electrons. The molecule has 0 saturated heterocycles. The van der Waals surface area contributed by atoms with Crippen molar-refractivity contribution in [1.82, 2.24) is 5.32 Å². The van der Waals surface area contributed by atoms with Crippen molar-refractivity contribution in [3.63, 3.8) is 0 Å². The monoisotopic (exact) mass is 259 g/mol. The lowest BCUT2D eigenvalue weighted by atomic mass is 9.98. The van der Waals surface area contributed by atoms with Gasteiger partial charge in [0.15, 0.2) is 0 Å². The molecule has 1 amide bonds. The van der Waals surface area contributed by atoms with E-state index >= 15 is 0 Å². The number of nitrogen functional groups attached to an aromatic ring is 1. The standard InChI is InChI=1S/C15H21N3O/c1-10(15(19)17-11-7-8-11)18-9-3-4-12-13(16)5-2-6-14(12)18/h2,5-6,10-11H,3-4,7-9,16H2,1H3,(H,17,19). The fourth-order valence-electron chi connectivity index (χ4n) is 2.77. The maximum Gasteiger partial charge on any atom is 0.242 e. The van der Waals surface area contributed by atoms with Gasteiger partial charge < -0.3 is 16.0 Å². The predicted molar refractivity (Wildman–Crippen MR) is 77.1 cm³/mol. The van der Waals surface area contributed by atoms with E-state index in [1.807, 2.05) is 19.1 Å². The number of nitrogens with one attached hydrogen (secondary N) is 1. The third kappa shape index (κ3) is 2.39. The van der Waals surface area contributed by atoms with Crippen molar-refractivity contribution in [2.24, 2.45) is 0 Å². The predicted octanol–water partition coefficient (Wildman–Crippen LogP) is 1.69. The van der Waals surface area contributed by atoms with Gasteiger partial charge in [-0.3, -0.25) is 4.79 Å². The SMILES string of the molecule is CC(C(=O)NC1CC1)N1CCCc2c(N)cccc21. The molecule has 1 aromatic rings. The lowest BCUT2D eigenvalue weighted by molar-refractivity contribution is -0.122. The van der Waals surface area contributed by atoms with E-state index in [9.17, 15) is 4.79 Å². The van der Waals surface area contributed by atoms with E-state index in [0.717, 1.165) is 43.6 Å². The molecule has 1 aliphatic carbocycles. The molecule has 0 bridgehead atoms. The maximum absolute atomic E-state index is 12.2. The number of hydrogen-bond donors (Lipinski definition) is 2. The van der Waals surface area contributed by atoms with Gasteiger partial charge >= 0.3 is 0 Å². The number of nitrogens with two attached hydrogens (primary N) is 1. The van der Waals surface area contributed by atoms with Crippen LogP contribution in [-0.2, 0) is 11.2 Å². The largest absolute Gasteiger partial charge is 0.398 e. The van der Waals surface area contributed by atoms with Crippen LogP contribution in [0.5, 0.6) is 0 Å². The Balaban J connectivity index is 1.82. The number of amides is 1. The van der Waals surface area contributed by atoms with Gasteiger partial charge in [0.1, 0.15) is 6.04 Å². The quantitative estimate of drug-likeness (QED) is 0.812. The highest BCUT2D eigenvalue weighted by Gasteiger charge is 2.30. The van der Waals surface area contributed by atoms with Crippen LogP contribution < -0.4 is 16.0 Å². The average molecular weight is 259 g/mol. The second kappa shape index (κ2) is 4.76. The van der Waals surface area contributed by atoms with Gasteiger partial charge in [-0.25, -0.2) is 0 Å². The zero-order valence-electron chi connectivity index (χ0n) is 11.4. The molecule has 2 aliphatic rings. The van der Waals surface area contributed by atoms with E-state index in [0.29, 0.717) is 6.04 Å². The van der Waals surface area contributed by atoms with Crippen LogP contribution in [0.15, 0.2) is 18.2 Å². The third-order valence-electron chi connectivity index (χ3n) is 4.09. The van der Waals surface area contributed by atoms with E-state index in [1.165, 1.54) is 5.56 Å². The summed E-state index contributed by atoms with van der Waals surface area (Å²) in [5.74, 6) is 0.137. The second-order valence-corrected chi connectivity index (χ2v) is 5.60. The molecule has 1 aromatic carbocycles. The van der Waals surface area contributed by atoms with E-state index < -0.39 is 0 Å². The molecule has 1 unspecified atom stereocenters. The van der Waals surface area contributed by atoms with Crippen LogP contribution in [-0.4, -0.2) is 24.5 Å². The van der Waals surface area contributed by atoms with Crippen LogP contribution in [0.4, 0.5) is 11.4 Å². The molecule has 3 rings (SSSR count). The fourth-order valence-corrected chi connectivity index (χ4v) is 2.77. The van der Waals surface area contributed by atoms with Crippen molar-refractivity contribution in [1.29, 1.82) is 0 Å². The normalized spacial score (nSPS) is 19.7. The zero-order valence-corrected chi connectivity index (χ0v) is 11.4. The first-order valence-electron chi connectivity index (χ1n) is 7.11. The Morgan fingerprint density at radius 3 is 3.00 bits per heavy atom. The number of benzene rings is 1. The van der Waals surface area contributed by atoms with Crippen LogP contribution in [0.1, 0.15) is 31.7 Å². The minimum absolute atomic E-state index is 0.124. The summed E-state index contributed by atoms with van der Waals surface area (Å²) >= 11 is 0. The van der Waals surface area contributed by atoms with E-state index in [1.54, 1.807) is 0 Å². The lowest BCUT2D eigenvalue weighted by Gasteiger charge is -2.36. The van der Waals surface area contributed by atoms with Gasteiger partial charge in [-0.2, -0.15) is 0 Å². The number of carbonyl (C=O) groups excluding carboxylic acids is 1. The average Bonchev–Trinajstić information content (AvgIpc) is 3.22. The molecule has 1 heterocycles. The Kier molecular flexibility index (Phi) is 3.09. The molecule has 1 saturated carbocycles. The Morgan fingerprint density at radius 2 is 2.26 bits per heavy atom. The highest BCUT2D eigenvalue weighted by atomic mass is 16.2. The summed E-state index contributed by atoms with van der Waals surface area (Å²) in [4.78, 5) is 14.4. The molecule has 0 aromatic heterocycles. The molecule has 4 heteroatoms. The van der Waals surface area contributed by atoms with Gasteiger partial charge in [0.25, 0.3) is 0 Å². The first kappa shape index (κ1) is 12.3. The number of rotatable bonds is 3. The minimum atomic E-state index is -0.124. The van der Waals surface area contributed by atoms with E-state index in [-0.39, 0.29) is 11.9 Å². The maximum atomic E-state index is 12.2. The minimum Gasteiger partial charge on any atom is -0.398 e. The molecule has 1 atom stereocenters.